The predicted octanol–water partition coefficient (Wildman–Crippen LogP) is 1.41. The SMILES string of the molecule is CN(C)Cc1cccc(C2COCCN2)c1. The van der Waals surface area contributed by atoms with E-state index in [9.17, 15) is 0 Å². The molecule has 1 aliphatic heterocycles. The van der Waals surface area contributed by atoms with Gasteiger partial charge in [-0.3, -0.25) is 0 Å². The molecule has 1 aromatic carbocycles. The molecule has 2 rings (SSSR count). The number of ether oxygens (including phenoxy) is 1. The molecule has 1 atom stereocenters. The average molecular weight is 220 g/mol. The fourth-order valence-corrected chi connectivity index (χ4v) is 2.05. The maximum absolute atomic E-state index is 5.48. The van der Waals surface area contributed by atoms with Crippen molar-refractivity contribution in [2.24, 2.45) is 0 Å². The molecule has 88 valence electrons. The molecule has 3 nitrogen and oxygen atoms in total. The summed E-state index contributed by atoms with van der Waals surface area (Å²) in [4.78, 5) is 2.18. The standard InChI is InChI=1S/C13H20N2O/c1-15(2)9-11-4-3-5-12(8-11)13-10-16-7-6-14-13/h3-5,8,13-14H,6-7,9-10H2,1-2H3. The van der Waals surface area contributed by atoms with Gasteiger partial charge in [-0.05, 0) is 25.2 Å². The molecule has 0 aromatic heterocycles. The van der Waals surface area contributed by atoms with E-state index >= 15 is 0 Å². The van der Waals surface area contributed by atoms with Crippen LogP contribution in [0.15, 0.2) is 24.3 Å². The lowest BCUT2D eigenvalue weighted by molar-refractivity contribution is 0.0768. The molecule has 0 amide bonds. The molecule has 0 bridgehead atoms. The summed E-state index contributed by atoms with van der Waals surface area (Å²) >= 11 is 0. The lowest BCUT2D eigenvalue weighted by atomic mass is 10.0. The minimum absolute atomic E-state index is 0.357. The van der Waals surface area contributed by atoms with Crippen molar-refractivity contribution >= 4 is 0 Å². The fraction of sp³-hybridized carbons (Fsp3) is 0.538. The number of hydrogen-bond acceptors (Lipinski definition) is 3. The Labute approximate surface area is 97.4 Å². The van der Waals surface area contributed by atoms with Crippen molar-refractivity contribution in [2.45, 2.75) is 12.6 Å². The molecule has 3 heteroatoms. The van der Waals surface area contributed by atoms with Crippen LogP contribution in [0.5, 0.6) is 0 Å². The van der Waals surface area contributed by atoms with Crippen LogP contribution in [-0.2, 0) is 11.3 Å². The number of nitrogens with zero attached hydrogens (tertiary/aromatic N) is 1. The second-order valence-corrected chi connectivity index (χ2v) is 4.56. The van der Waals surface area contributed by atoms with E-state index in [1.807, 2.05) is 0 Å². The molecule has 1 aromatic rings. The van der Waals surface area contributed by atoms with Gasteiger partial charge in [0.25, 0.3) is 0 Å². The summed E-state index contributed by atoms with van der Waals surface area (Å²) in [6.07, 6.45) is 0. The van der Waals surface area contributed by atoms with Crippen LogP contribution < -0.4 is 5.32 Å². The van der Waals surface area contributed by atoms with Crippen molar-refractivity contribution in [3.63, 3.8) is 0 Å². The Bertz CT molecular complexity index is 332. The highest BCUT2D eigenvalue weighted by atomic mass is 16.5. The van der Waals surface area contributed by atoms with Crippen LogP contribution in [0.4, 0.5) is 0 Å². The Kier molecular flexibility index (Phi) is 3.93. The summed E-state index contributed by atoms with van der Waals surface area (Å²) in [5.74, 6) is 0. The van der Waals surface area contributed by atoms with Crippen LogP contribution in [0.2, 0.25) is 0 Å². The van der Waals surface area contributed by atoms with Crippen molar-refractivity contribution in [1.29, 1.82) is 0 Å². The second-order valence-electron chi connectivity index (χ2n) is 4.56. The van der Waals surface area contributed by atoms with Gasteiger partial charge in [0.1, 0.15) is 0 Å². The summed E-state index contributed by atoms with van der Waals surface area (Å²) in [6, 6.07) is 9.10. The third kappa shape index (κ3) is 3.04. The van der Waals surface area contributed by atoms with Crippen LogP contribution in [0, 0.1) is 0 Å². The first-order chi connectivity index (χ1) is 7.75. The zero-order chi connectivity index (χ0) is 11.4. The van der Waals surface area contributed by atoms with E-state index in [-0.39, 0.29) is 0 Å². The lowest BCUT2D eigenvalue weighted by Gasteiger charge is -2.24. The number of rotatable bonds is 3. The Hall–Kier alpha value is -0.900. The normalized spacial score (nSPS) is 21.3. The van der Waals surface area contributed by atoms with Gasteiger partial charge in [0, 0.05) is 13.1 Å². The third-order valence-electron chi connectivity index (χ3n) is 2.77. The van der Waals surface area contributed by atoms with Gasteiger partial charge >= 0.3 is 0 Å². The summed E-state index contributed by atoms with van der Waals surface area (Å²) in [5, 5.41) is 3.48. The Morgan fingerprint density at radius 3 is 3.00 bits per heavy atom. The molecule has 0 radical (unpaired) electrons. The van der Waals surface area contributed by atoms with Gasteiger partial charge < -0.3 is 15.0 Å². The van der Waals surface area contributed by atoms with Gasteiger partial charge in [0.05, 0.1) is 19.3 Å². The van der Waals surface area contributed by atoms with Crippen molar-refractivity contribution in [1.82, 2.24) is 10.2 Å². The van der Waals surface area contributed by atoms with Crippen LogP contribution in [0.25, 0.3) is 0 Å². The number of benzene rings is 1. The van der Waals surface area contributed by atoms with E-state index in [2.05, 4.69) is 48.6 Å². The average Bonchev–Trinajstić information content (AvgIpc) is 2.30. The van der Waals surface area contributed by atoms with E-state index in [4.69, 9.17) is 4.74 Å². The van der Waals surface area contributed by atoms with Crippen LogP contribution >= 0.6 is 0 Å². The Morgan fingerprint density at radius 1 is 1.44 bits per heavy atom. The van der Waals surface area contributed by atoms with Gasteiger partial charge in [-0.25, -0.2) is 0 Å². The highest BCUT2D eigenvalue weighted by Gasteiger charge is 2.15. The monoisotopic (exact) mass is 220 g/mol. The van der Waals surface area contributed by atoms with E-state index in [0.29, 0.717) is 6.04 Å². The van der Waals surface area contributed by atoms with Gasteiger partial charge in [-0.2, -0.15) is 0 Å². The second kappa shape index (κ2) is 5.43. The minimum atomic E-state index is 0.357. The summed E-state index contributed by atoms with van der Waals surface area (Å²) < 4.78 is 5.48. The quantitative estimate of drug-likeness (QED) is 0.833. The van der Waals surface area contributed by atoms with Crippen molar-refractivity contribution < 1.29 is 4.74 Å². The Morgan fingerprint density at radius 2 is 2.31 bits per heavy atom. The third-order valence-corrected chi connectivity index (χ3v) is 2.77. The van der Waals surface area contributed by atoms with E-state index in [0.717, 1.165) is 26.3 Å². The topological polar surface area (TPSA) is 24.5 Å². The van der Waals surface area contributed by atoms with Crippen molar-refractivity contribution in [2.75, 3.05) is 33.9 Å². The number of morpholine rings is 1. The number of nitrogens with one attached hydrogen (secondary N) is 1. The molecular weight excluding hydrogens is 200 g/mol. The zero-order valence-corrected chi connectivity index (χ0v) is 10.1. The highest BCUT2D eigenvalue weighted by molar-refractivity contribution is 5.26. The molecule has 0 saturated carbocycles. The molecule has 0 aliphatic carbocycles. The first-order valence-corrected chi connectivity index (χ1v) is 5.80. The number of hydrogen-bond donors (Lipinski definition) is 1. The maximum atomic E-state index is 5.48. The predicted molar refractivity (Wildman–Crippen MR) is 65.4 cm³/mol. The van der Waals surface area contributed by atoms with Gasteiger partial charge in [-0.1, -0.05) is 24.3 Å². The van der Waals surface area contributed by atoms with Crippen molar-refractivity contribution in [3.05, 3.63) is 35.4 Å². The molecule has 16 heavy (non-hydrogen) atoms. The Balaban J connectivity index is 2.08. The highest BCUT2D eigenvalue weighted by Crippen LogP contribution is 2.17. The summed E-state index contributed by atoms with van der Waals surface area (Å²) in [5.41, 5.74) is 2.69. The molecule has 1 saturated heterocycles. The van der Waals surface area contributed by atoms with Crippen LogP contribution in [0.3, 0.4) is 0 Å². The van der Waals surface area contributed by atoms with E-state index in [1.54, 1.807) is 0 Å². The summed E-state index contributed by atoms with van der Waals surface area (Å²) in [7, 11) is 4.18. The summed E-state index contributed by atoms with van der Waals surface area (Å²) in [6.45, 7) is 3.54. The van der Waals surface area contributed by atoms with Gasteiger partial charge in [0.2, 0.25) is 0 Å². The first kappa shape index (κ1) is 11.6. The molecule has 1 heterocycles. The smallest absolute Gasteiger partial charge is 0.0662 e. The lowest BCUT2D eigenvalue weighted by Crippen LogP contribution is -2.34. The van der Waals surface area contributed by atoms with E-state index in [1.165, 1.54) is 11.1 Å². The largest absolute Gasteiger partial charge is 0.378 e. The molecule has 1 aliphatic rings. The van der Waals surface area contributed by atoms with Crippen molar-refractivity contribution in [3.8, 4) is 0 Å². The molecular formula is C13H20N2O. The fourth-order valence-electron chi connectivity index (χ4n) is 2.05. The van der Waals surface area contributed by atoms with Crippen LogP contribution in [-0.4, -0.2) is 38.8 Å². The van der Waals surface area contributed by atoms with Crippen LogP contribution in [0.1, 0.15) is 17.2 Å². The minimum Gasteiger partial charge on any atom is -0.378 e. The van der Waals surface area contributed by atoms with Gasteiger partial charge in [0.15, 0.2) is 0 Å². The zero-order valence-electron chi connectivity index (χ0n) is 10.1. The molecule has 1 unspecified atom stereocenters. The molecule has 0 spiro atoms. The maximum Gasteiger partial charge on any atom is 0.0662 e. The molecule has 1 fully saturated rings. The van der Waals surface area contributed by atoms with E-state index < -0.39 is 0 Å². The first-order valence-electron chi connectivity index (χ1n) is 5.80. The van der Waals surface area contributed by atoms with Gasteiger partial charge in [-0.15, -0.1) is 0 Å². The molecule has 1 N–H and O–H groups in total.